The zero-order chi connectivity index (χ0) is 14.5. The Labute approximate surface area is 127 Å². The predicted octanol–water partition coefficient (Wildman–Crippen LogP) is 4.29. The minimum atomic E-state index is 0.469. The molecule has 0 aliphatic heterocycles. The lowest BCUT2D eigenvalue weighted by Gasteiger charge is -2.30. The summed E-state index contributed by atoms with van der Waals surface area (Å²) < 4.78 is 5.74. The number of hydrogen-bond donors (Lipinski definition) is 1. The number of hydrogen-bond acceptors (Lipinski definition) is 2. The van der Waals surface area contributed by atoms with Gasteiger partial charge in [0.15, 0.2) is 0 Å². The molecular formula is C19H23NO. The quantitative estimate of drug-likeness (QED) is 0.825. The van der Waals surface area contributed by atoms with E-state index in [1.807, 2.05) is 30.3 Å². The van der Waals surface area contributed by atoms with Crippen LogP contribution in [0.15, 0.2) is 54.6 Å². The molecule has 1 N–H and O–H groups in total. The van der Waals surface area contributed by atoms with E-state index in [9.17, 15) is 0 Å². The monoisotopic (exact) mass is 281 g/mol. The molecule has 0 radical (unpaired) electrons. The molecule has 2 atom stereocenters. The van der Waals surface area contributed by atoms with Crippen molar-refractivity contribution in [3.05, 3.63) is 65.7 Å². The van der Waals surface area contributed by atoms with Crippen molar-refractivity contribution in [2.75, 3.05) is 13.2 Å². The lowest BCUT2D eigenvalue weighted by molar-refractivity contribution is 0.299. The van der Waals surface area contributed by atoms with Crippen molar-refractivity contribution in [3.63, 3.8) is 0 Å². The average molecular weight is 281 g/mol. The standard InChI is InChI=1S/C19H23NO/c1-15-11-12-19(18-10-6-5-9-17(15)18)20-13-14-21-16-7-3-2-4-8-16/h2-10,15,19-20H,11-14H2,1H3. The third kappa shape index (κ3) is 3.45. The van der Waals surface area contributed by atoms with Crippen LogP contribution in [0.3, 0.4) is 0 Å². The molecule has 1 aliphatic carbocycles. The van der Waals surface area contributed by atoms with Gasteiger partial charge in [-0.1, -0.05) is 49.4 Å². The highest BCUT2D eigenvalue weighted by Gasteiger charge is 2.23. The smallest absolute Gasteiger partial charge is 0.119 e. The zero-order valence-corrected chi connectivity index (χ0v) is 12.6. The first-order valence-corrected chi connectivity index (χ1v) is 7.84. The van der Waals surface area contributed by atoms with Gasteiger partial charge in [0.1, 0.15) is 12.4 Å². The molecule has 0 aromatic heterocycles. The van der Waals surface area contributed by atoms with E-state index in [-0.39, 0.29) is 0 Å². The van der Waals surface area contributed by atoms with Crippen molar-refractivity contribution in [2.24, 2.45) is 0 Å². The van der Waals surface area contributed by atoms with E-state index in [2.05, 4.69) is 36.5 Å². The fourth-order valence-corrected chi connectivity index (χ4v) is 3.14. The second-order valence-corrected chi connectivity index (χ2v) is 5.78. The summed E-state index contributed by atoms with van der Waals surface area (Å²) in [5, 5.41) is 3.64. The predicted molar refractivity (Wildman–Crippen MR) is 86.8 cm³/mol. The average Bonchev–Trinajstić information content (AvgIpc) is 2.55. The Balaban J connectivity index is 1.53. The van der Waals surface area contributed by atoms with Crippen LogP contribution in [0.1, 0.15) is 42.9 Å². The molecule has 2 aromatic rings. The summed E-state index contributed by atoms with van der Waals surface area (Å²) in [5.74, 6) is 1.62. The maximum absolute atomic E-state index is 5.74. The van der Waals surface area contributed by atoms with Crippen LogP contribution >= 0.6 is 0 Å². The Morgan fingerprint density at radius 2 is 1.67 bits per heavy atom. The first-order valence-electron chi connectivity index (χ1n) is 7.84. The summed E-state index contributed by atoms with van der Waals surface area (Å²) >= 11 is 0. The van der Waals surface area contributed by atoms with Crippen molar-refractivity contribution in [3.8, 4) is 5.75 Å². The van der Waals surface area contributed by atoms with Crippen molar-refractivity contribution in [1.29, 1.82) is 0 Å². The summed E-state index contributed by atoms with van der Waals surface area (Å²) in [7, 11) is 0. The van der Waals surface area contributed by atoms with Gasteiger partial charge in [0, 0.05) is 12.6 Å². The summed E-state index contributed by atoms with van der Waals surface area (Å²) in [6.07, 6.45) is 2.47. The van der Waals surface area contributed by atoms with Crippen LogP contribution in [-0.4, -0.2) is 13.2 Å². The number of para-hydroxylation sites is 1. The fraction of sp³-hybridized carbons (Fsp3) is 0.368. The molecule has 1 aliphatic rings. The van der Waals surface area contributed by atoms with E-state index in [0.29, 0.717) is 18.6 Å². The molecule has 2 unspecified atom stereocenters. The SMILES string of the molecule is CC1CCC(NCCOc2ccccc2)c2ccccc21. The minimum Gasteiger partial charge on any atom is -0.492 e. The van der Waals surface area contributed by atoms with Gasteiger partial charge < -0.3 is 10.1 Å². The van der Waals surface area contributed by atoms with Gasteiger partial charge in [0.25, 0.3) is 0 Å². The van der Waals surface area contributed by atoms with Crippen LogP contribution in [0.5, 0.6) is 5.75 Å². The van der Waals surface area contributed by atoms with Crippen LogP contribution in [0.25, 0.3) is 0 Å². The van der Waals surface area contributed by atoms with Gasteiger partial charge >= 0.3 is 0 Å². The highest BCUT2D eigenvalue weighted by atomic mass is 16.5. The Hall–Kier alpha value is -1.80. The number of ether oxygens (including phenoxy) is 1. The summed E-state index contributed by atoms with van der Waals surface area (Å²) in [4.78, 5) is 0. The number of fused-ring (bicyclic) bond motifs is 1. The van der Waals surface area contributed by atoms with Gasteiger partial charge in [-0.15, -0.1) is 0 Å². The first-order chi connectivity index (χ1) is 10.3. The lowest BCUT2D eigenvalue weighted by Crippen LogP contribution is -2.29. The molecule has 2 nitrogen and oxygen atoms in total. The Kier molecular flexibility index (Phi) is 4.56. The summed E-state index contributed by atoms with van der Waals surface area (Å²) in [5.41, 5.74) is 2.97. The fourth-order valence-electron chi connectivity index (χ4n) is 3.14. The maximum atomic E-state index is 5.74. The van der Waals surface area contributed by atoms with Crippen LogP contribution in [-0.2, 0) is 0 Å². The van der Waals surface area contributed by atoms with Gasteiger partial charge in [-0.3, -0.25) is 0 Å². The molecule has 0 saturated heterocycles. The summed E-state index contributed by atoms with van der Waals surface area (Å²) in [6.45, 7) is 3.91. The van der Waals surface area contributed by atoms with Gasteiger partial charge in [0.05, 0.1) is 0 Å². The normalized spacial score (nSPS) is 20.8. The Bertz CT molecular complexity index is 567. The number of benzene rings is 2. The maximum Gasteiger partial charge on any atom is 0.119 e. The molecule has 0 amide bonds. The van der Waals surface area contributed by atoms with Crippen molar-refractivity contribution in [2.45, 2.75) is 31.7 Å². The van der Waals surface area contributed by atoms with E-state index in [4.69, 9.17) is 4.74 Å². The van der Waals surface area contributed by atoms with Crippen LogP contribution in [0.2, 0.25) is 0 Å². The molecule has 0 fully saturated rings. The topological polar surface area (TPSA) is 21.3 Å². The second-order valence-electron chi connectivity index (χ2n) is 5.78. The van der Waals surface area contributed by atoms with E-state index >= 15 is 0 Å². The zero-order valence-electron chi connectivity index (χ0n) is 12.6. The van der Waals surface area contributed by atoms with Crippen LogP contribution in [0, 0.1) is 0 Å². The van der Waals surface area contributed by atoms with Gasteiger partial charge in [-0.05, 0) is 42.0 Å². The second kappa shape index (κ2) is 6.77. The van der Waals surface area contributed by atoms with Crippen molar-refractivity contribution >= 4 is 0 Å². The molecule has 21 heavy (non-hydrogen) atoms. The highest BCUT2D eigenvalue weighted by molar-refractivity contribution is 5.34. The van der Waals surface area contributed by atoms with Crippen molar-refractivity contribution in [1.82, 2.24) is 5.32 Å². The third-order valence-corrected chi connectivity index (χ3v) is 4.30. The lowest BCUT2D eigenvalue weighted by atomic mass is 9.81. The molecule has 2 heteroatoms. The van der Waals surface area contributed by atoms with Crippen LogP contribution in [0.4, 0.5) is 0 Å². The van der Waals surface area contributed by atoms with E-state index in [0.717, 1.165) is 12.3 Å². The Morgan fingerprint density at radius 1 is 0.952 bits per heavy atom. The number of rotatable bonds is 5. The largest absolute Gasteiger partial charge is 0.492 e. The molecule has 0 heterocycles. The van der Waals surface area contributed by atoms with Gasteiger partial charge in [0.2, 0.25) is 0 Å². The van der Waals surface area contributed by atoms with Crippen molar-refractivity contribution < 1.29 is 4.74 Å². The third-order valence-electron chi connectivity index (χ3n) is 4.30. The molecule has 0 spiro atoms. The Morgan fingerprint density at radius 3 is 2.48 bits per heavy atom. The van der Waals surface area contributed by atoms with E-state index in [1.54, 1.807) is 0 Å². The summed E-state index contributed by atoms with van der Waals surface area (Å²) in [6, 6.07) is 19.3. The molecular weight excluding hydrogens is 258 g/mol. The molecule has 0 saturated carbocycles. The van der Waals surface area contributed by atoms with E-state index in [1.165, 1.54) is 24.0 Å². The first kappa shape index (κ1) is 14.2. The number of nitrogens with one attached hydrogen (secondary N) is 1. The van der Waals surface area contributed by atoms with Gasteiger partial charge in [-0.2, -0.15) is 0 Å². The minimum absolute atomic E-state index is 0.469. The van der Waals surface area contributed by atoms with Gasteiger partial charge in [-0.25, -0.2) is 0 Å². The molecule has 3 rings (SSSR count). The molecule has 110 valence electrons. The van der Waals surface area contributed by atoms with E-state index < -0.39 is 0 Å². The van der Waals surface area contributed by atoms with Crippen LogP contribution < -0.4 is 10.1 Å². The molecule has 2 aromatic carbocycles. The highest BCUT2D eigenvalue weighted by Crippen LogP contribution is 2.36. The molecule has 0 bridgehead atoms.